The lowest BCUT2D eigenvalue weighted by Gasteiger charge is -2.27. The molecule has 0 amide bonds. The van der Waals surface area contributed by atoms with Crippen LogP contribution in [0.15, 0.2) is 0 Å². The van der Waals surface area contributed by atoms with Crippen LogP contribution in [0.2, 0.25) is 0 Å². The van der Waals surface area contributed by atoms with E-state index in [-0.39, 0.29) is 5.91 Å². The van der Waals surface area contributed by atoms with E-state index in [2.05, 4.69) is 18.7 Å². The summed E-state index contributed by atoms with van der Waals surface area (Å²) in [6, 6.07) is 0. The van der Waals surface area contributed by atoms with Crippen LogP contribution in [0.1, 0.15) is 20.3 Å². The van der Waals surface area contributed by atoms with Crippen LogP contribution >= 0.6 is 0 Å². The zero-order valence-corrected chi connectivity index (χ0v) is 7.17. The first-order valence-corrected chi connectivity index (χ1v) is 4.33. The lowest BCUT2D eigenvalue weighted by Crippen LogP contribution is -2.39. The summed E-state index contributed by atoms with van der Waals surface area (Å²) in [4.78, 5) is 2.29. The van der Waals surface area contributed by atoms with E-state index in [9.17, 15) is 0 Å². The lowest BCUT2D eigenvalue weighted by atomic mass is 10.3. The Kier molecular flexibility index (Phi) is 1.67. The number of ether oxygens (including phenoxy) is 2. The van der Waals surface area contributed by atoms with Gasteiger partial charge < -0.3 is 9.47 Å². The molecule has 0 aromatic rings. The van der Waals surface area contributed by atoms with Gasteiger partial charge in [0.05, 0.1) is 12.7 Å². The molecule has 3 heteroatoms. The van der Waals surface area contributed by atoms with Gasteiger partial charge in [0.2, 0.25) is 5.91 Å². The first-order chi connectivity index (χ1) is 5.27. The zero-order chi connectivity index (χ0) is 7.90. The van der Waals surface area contributed by atoms with Gasteiger partial charge in [-0.2, -0.15) is 0 Å². The molecular weight excluding hydrogens is 142 g/mol. The molecule has 2 atom stereocenters. The summed E-state index contributed by atoms with van der Waals surface area (Å²) < 4.78 is 11.3. The second-order valence-electron chi connectivity index (χ2n) is 3.29. The Labute approximate surface area is 67.3 Å². The molecule has 2 aliphatic rings. The van der Waals surface area contributed by atoms with E-state index < -0.39 is 0 Å². The summed E-state index contributed by atoms with van der Waals surface area (Å²) in [5.74, 6) is -0.348. The molecule has 2 unspecified atom stereocenters. The number of hydrogen-bond acceptors (Lipinski definition) is 3. The number of fused-ring (bicyclic) bond motifs is 1. The van der Waals surface area contributed by atoms with Crippen LogP contribution in [0, 0.1) is 0 Å². The molecule has 0 N–H and O–H groups in total. The summed E-state index contributed by atoms with van der Waals surface area (Å²) in [6.07, 6.45) is 1.26. The molecule has 2 aliphatic heterocycles. The van der Waals surface area contributed by atoms with Crippen LogP contribution in [-0.2, 0) is 9.47 Å². The molecule has 0 aliphatic carbocycles. The summed E-state index contributed by atoms with van der Waals surface area (Å²) in [6.45, 7) is 7.07. The minimum Gasteiger partial charge on any atom is -0.336 e. The van der Waals surface area contributed by atoms with Gasteiger partial charge in [0, 0.05) is 19.5 Å². The highest BCUT2D eigenvalue weighted by atomic mass is 16.7. The Morgan fingerprint density at radius 1 is 1.64 bits per heavy atom. The summed E-state index contributed by atoms with van der Waals surface area (Å²) in [5.41, 5.74) is 0. The fraction of sp³-hybridized carbons (Fsp3) is 1.00. The highest BCUT2D eigenvalue weighted by Gasteiger charge is 2.48. The molecule has 11 heavy (non-hydrogen) atoms. The van der Waals surface area contributed by atoms with Crippen LogP contribution < -0.4 is 0 Å². The van der Waals surface area contributed by atoms with Crippen molar-refractivity contribution in [2.45, 2.75) is 32.3 Å². The molecule has 64 valence electrons. The lowest BCUT2D eigenvalue weighted by molar-refractivity contribution is -0.243. The number of hydrogen-bond donors (Lipinski definition) is 0. The van der Waals surface area contributed by atoms with E-state index in [1.807, 2.05) is 0 Å². The van der Waals surface area contributed by atoms with Crippen LogP contribution in [0.5, 0.6) is 0 Å². The largest absolute Gasteiger partial charge is 0.336 e. The quantitative estimate of drug-likeness (QED) is 0.562. The van der Waals surface area contributed by atoms with E-state index in [4.69, 9.17) is 9.47 Å². The van der Waals surface area contributed by atoms with Crippen molar-refractivity contribution in [1.82, 2.24) is 4.90 Å². The SMILES string of the molecule is CCC12OCCN1CC(C)O2. The minimum absolute atomic E-state index is 0.329. The average Bonchev–Trinajstić information content (AvgIpc) is 2.43. The van der Waals surface area contributed by atoms with Gasteiger partial charge >= 0.3 is 0 Å². The van der Waals surface area contributed by atoms with Gasteiger partial charge in [-0.3, -0.25) is 0 Å². The standard InChI is InChI=1S/C8H15NO2/c1-3-8-9(4-5-10-8)6-7(2)11-8/h7H,3-6H2,1-2H3. The normalized spacial score (nSPS) is 44.7. The average molecular weight is 157 g/mol. The Morgan fingerprint density at radius 3 is 3.09 bits per heavy atom. The maximum atomic E-state index is 5.73. The van der Waals surface area contributed by atoms with Gasteiger partial charge in [0.1, 0.15) is 0 Å². The maximum Gasteiger partial charge on any atom is 0.230 e. The topological polar surface area (TPSA) is 21.7 Å². The molecule has 3 nitrogen and oxygen atoms in total. The fourth-order valence-electron chi connectivity index (χ4n) is 1.99. The smallest absolute Gasteiger partial charge is 0.230 e. The van der Waals surface area contributed by atoms with Crippen LogP contribution in [0.25, 0.3) is 0 Å². The van der Waals surface area contributed by atoms with Crippen LogP contribution in [0.3, 0.4) is 0 Å². The van der Waals surface area contributed by atoms with Gasteiger partial charge in [-0.05, 0) is 6.92 Å². The Hall–Kier alpha value is -0.120. The van der Waals surface area contributed by atoms with E-state index in [1.165, 1.54) is 0 Å². The monoisotopic (exact) mass is 157 g/mol. The third-order valence-corrected chi connectivity index (χ3v) is 2.48. The predicted octanol–water partition coefficient (Wildman–Crippen LogP) is 0.801. The van der Waals surface area contributed by atoms with Crippen molar-refractivity contribution in [3.63, 3.8) is 0 Å². The van der Waals surface area contributed by atoms with Gasteiger partial charge in [-0.25, -0.2) is 4.90 Å². The van der Waals surface area contributed by atoms with E-state index in [1.54, 1.807) is 0 Å². The van der Waals surface area contributed by atoms with Gasteiger partial charge in [0.25, 0.3) is 0 Å². The minimum atomic E-state index is -0.348. The summed E-state index contributed by atoms with van der Waals surface area (Å²) in [5, 5.41) is 0. The second kappa shape index (κ2) is 2.44. The van der Waals surface area contributed by atoms with Crippen molar-refractivity contribution in [2.75, 3.05) is 19.7 Å². The van der Waals surface area contributed by atoms with E-state index in [0.29, 0.717) is 6.10 Å². The Balaban J connectivity index is 2.15. The fourth-order valence-corrected chi connectivity index (χ4v) is 1.99. The maximum absolute atomic E-state index is 5.73. The third kappa shape index (κ3) is 0.991. The molecular formula is C8H15NO2. The molecule has 0 spiro atoms. The van der Waals surface area contributed by atoms with Gasteiger partial charge in [-0.15, -0.1) is 0 Å². The highest BCUT2D eigenvalue weighted by Crippen LogP contribution is 2.34. The van der Waals surface area contributed by atoms with Crippen molar-refractivity contribution in [3.05, 3.63) is 0 Å². The number of rotatable bonds is 1. The first kappa shape index (κ1) is 7.53. The zero-order valence-electron chi connectivity index (χ0n) is 7.17. The van der Waals surface area contributed by atoms with Gasteiger partial charge in [-0.1, -0.05) is 6.92 Å². The number of nitrogens with zero attached hydrogens (tertiary/aromatic N) is 1. The predicted molar refractivity (Wildman–Crippen MR) is 41.1 cm³/mol. The van der Waals surface area contributed by atoms with Crippen molar-refractivity contribution in [1.29, 1.82) is 0 Å². The van der Waals surface area contributed by atoms with Crippen molar-refractivity contribution in [2.24, 2.45) is 0 Å². The van der Waals surface area contributed by atoms with E-state index in [0.717, 1.165) is 26.1 Å². The molecule has 0 aromatic carbocycles. The summed E-state index contributed by atoms with van der Waals surface area (Å²) >= 11 is 0. The molecule has 0 aromatic heterocycles. The van der Waals surface area contributed by atoms with Crippen molar-refractivity contribution in [3.8, 4) is 0 Å². The van der Waals surface area contributed by atoms with Crippen LogP contribution in [0.4, 0.5) is 0 Å². The van der Waals surface area contributed by atoms with Crippen molar-refractivity contribution < 1.29 is 9.47 Å². The molecule has 2 heterocycles. The molecule has 2 saturated heterocycles. The molecule has 2 fully saturated rings. The highest BCUT2D eigenvalue weighted by molar-refractivity contribution is 4.85. The first-order valence-electron chi connectivity index (χ1n) is 4.33. The third-order valence-electron chi connectivity index (χ3n) is 2.48. The molecule has 0 bridgehead atoms. The van der Waals surface area contributed by atoms with Crippen molar-refractivity contribution >= 4 is 0 Å². The Morgan fingerprint density at radius 2 is 2.45 bits per heavy atom. The Bertz CT molecular complexity index is 162. The molecule has 0 radical (unpaired) electrons. The van der Waals surface area contributed by atoms with E-state index >= 15 is 0 Å². The van der Waals surface area contributed by atoms with Crippen LogP contribution in [-0.4, -0.2) is 36.6 Å². The summed E-state index contributed by atoms with van der Waals surface area (Å²) in [7, 11) is 0. The van der Waals surface area contributed by atoms with Gasteiger partial charge in [0.15, 0.2) is 0 Å². The second-order valence-corrected chi connectivity index (χ2v) is 3.29. The molecule has 2 rings (SSSR count). The molecule has 0 saturated carbocycles.